The van der Waals surface area contributed by atoms with E-state index in [2.05, 4.69) is 4.65 Å². The first-order valence-corrected chi connectivity index (χ1v) is 3.98. The van der Waals surface area contributed by atoms with Crippen molar-refractivity contribution in [2.75, 3.05) is 0 Å². The van der Waals surface area contributed by atoms with Gasteiger partial charge in [0.2, 0.25) is 5.91 Å². The van der Waals surface area contributed by atoms with Crippen molar-refractivity contribution in [3.8, 4) is 5.75 Å². The zero-order valence-electron chi connectivity index (χ0n) is 7.38. The molecule has 4 N–H and O–H groups in total. The molecule has 6 heteroatoms. The number of hydrogen-bond acceptors (Lipinski definition) is 4. The Kier molecular flexibility index (Phi) is 3.50. The van der Waals surface area contributed by atoms with Gasteiger partial charge in [0.05, 0.1) is 6.42 Å². The van der Waals surface area contributed by atoms with E-state index in [9.17, 15) is 4.79 Å². The number of primary amides is 1. The van der Waals surface area contributed by atoms with Crippen LogP contribution in [0.1, 0.15) is 5.56 Å². The molecule has 0 spiro atoms. The Balaban J connectivity index is 2.63. The highest BCUT2D eigenvalue weighted by atomic mass is 16.6. The van der Waals surface area contributed by atoms with Gasteiger partial charge in [-0.05, 0) is 17.7 Å². The van der Waals surface area contributed by atoms with E-state index in [0.717, 1.165) is 5.56 Å². The molecule has 0 aliphatic heterocycles. The summed E-state index contributed by atoms with van der Waals surface area (Å²) in [6.07, 6.45) is 0.155. The van der Waals surface area contributed by atoms with E-state index in [-0.39, 0.29) is 6.42 Å². The summed E-state index contributed by atoms with van der Waals surface area (Å²) in [6, 6.07) is 6.31. The van der Waals surface area contributed by atoms with Crippen molar-refractivity contribution in [3.63, 3.8) is 0 Å². The molecule has 0 heterocycles. The molecule has 0 saturated carbocycles. The summed E-state index contributed by atoms with van der Waals surface area (Å²) in [5, 5.41) is 17.0. The van der Waals surface area contributed by atoms with Crippen LogP contribution in [0.15, 0.2) is 24.3 Å². The zero-order chi connectivity index (χ0) is 10.6. The van der Waals surface area contributed by atoms with Crippen LogP contribution in [-0.4, -0.2) is 23.3 Å². The number of carbonyl (C=O) groups excluding carboxylic acids is 1. The first-order valence-electron chi connectivity index (χ1n) is 3.98. The SMILES string of the molecule is NC(=O)Cc1ccc(OB(O)O)cc1. The van der Waals surface area contributed by atoms with Crippen LogP contribution in [0, 0.1) is 0 Å². The van der Waals surface area contributed by atoms with Crippen molar-refractivity contribution >= 4 is 13.2 Å². The summed E-state index contributed by atoms with van der Waals surface area (Å²) in [5.41, 5.74) is 5.74. The molecule has 0 fully saturated rings. The summed E-state index contributed by atoms with van der Waals surface area (Å²) >= 11 is 0. The van der Waals surface area contributed by atoms with Crippen LogP contribution in [0.4, 0.5) is 0 Å². The van der Waals surface area contributed by atoms with Gasteiger partial charge in [-0.15, -0.1) is 0 Å². The zero-order valence-corrected chi connectivity index (χ0v) is 7.38. The van der Waals surface area contributed by atoms with Crippen LogP contribution in [0.25, 0.3) is 0 Å². The van der Waals surface area contributed by atoms with Gasteiger partial charge in [-0.3, -0.25) is 4.79 Å². The van der Waals surface area contributed by atoms with E-state index in [1.807, 2.05) is 0 Å². The highest BCUT2D eigenvalue weighted by Crippen LogP contribution is 2.12. The Labute approximate surface area is 81.3 Å². The third-order valence-electron chi connectivity index (χ3n) is 1.54. The molecule has 74 valence electrons. The van der Waals surface area contributed by atoms with E-state index in [4.69, 9.17) is 15.8 Å². The molecule has 5 nitrogen and oxygen atoms in total. The molecule has 0 bridgehead atoms. The Morgan fingerprint density at radius 3 is 2.36 bits per heavy atom. The number of carbonyl (C=O) groups is 1. The van der Waals surface area contributed by atoms with E-state index in [0.29, 0.717) is 5.75 Å². The quantitative estimate of drug-likeness (QED) is 0.540. The van der Waals surface area contributed by atoms with Crippen molar-refractivity contribution < 1.29 is 19.5 Å². The number of amides is 1. The number of nitrogens with two attached hydrogens (primary N) is 1. The summed E-state index contributed by atoms with van der Waals surface area (Å²) in [5.74, 6) is -0.103. The van der Waals surface area contributed by atoms with Gasteiger partial charge in [-0.1, -0.05) is 12.1 Å². The number of hydrogen-bond donors (Lipinski definition) is 3. The summed E-state index contributed by atoms with van der Waals surface area (Å²) in [4.78, 5) is 10.5. The maximum absolute atomic E-state index is 10.5. The molecular formula is C8H10BNO4. The normalized spacial score (nSPS) is 9.57. The second-order valence-corrected chi connectivity index (χ2v) is 2.73. The number of rotatable bonds is 4. The average Bonchev–Trinajstić information content (AvgIpc) is 2.06. The number of benzene rings is 1. The van der Waals surface area contributed by atoms with Gasteiger partial charge in [0, 0.05) is 0 Å². The van der Waals surface area contributed by atoms with Crippen molar-refractivity contribution in [1.82, 2.24) is 0 Å². The minimum Gasteiger partial charge on any atom is -0.512 e. The summed E-state index contributed by atoms with van der Waals surface area (Å²) in [6.45, 7) is 0. The lowest BCUT2D eigenvalue weighted by Gasteiger charge is -2.04. The predicted molar refractivity (Wildman–Crippen MR) is 50.2 cm³/mol. The molecule has 0 saturated heterocycles. The standard InChI is InChI=1S/C8H10BNO4/c10-8(11)5-6-1-3-7(4-2-6)14-9(12)13/h1-4,12-13H,5H2,(H2,10,11). The lowest BCUT2D eigenvalue weighted by molar-refractivity contribution is -0.117. The maximum Gasteiger partial charge on any atom is 0.707 e. The van der Waals surface area contributed by atoms with Crippen LogP contribution in [-0.2, 0) is 11.2 Å². The molecule has 1 rings (SSSR count). The fraction of sp³-hybridized carbons (Fsp3) is 0.125. The summed E-state index contributed by atoms with van der Waals surface area (Å²) < 4.78 is 4.57. The Bertz CT molecular complexity index is 312. The first-order chi connectivity index (χ1) is 6.58. The van der Waals surface area contributed by atoms with Crippen LogP contribution in [0.5, 0.6) is 5.75 Å². The van der Waals surface area contributed by atoms with E-state index in [1.54, 1.807) is 12.1 Å². The average molecular weight is 195 g/mol. The highest BCUT2D eigenvalue weighted by Gasteiger charge is 2.10. The summed E-state index contributed by atoms with van der Waals surface area (Å²) in [7, 11) is -1.84. The molecule has 0 radical (unpaired) electrons. The minimum atomic E-state index is -1.84. The Morgan fingerprint density at radius 2 is 1.93 bits per heavy atom. The van der Waals surface area contributed by atoms with E-state index in [1.165, 1.54) is 12.1 Å². The van der Waals surface area contributed by atoms with Crippen molar-refractivity contribution in [1.29, 1.82) is 0 Å². The monoisotopic (exact) mass is 195 g/mol. The molecule has 0 aliphatic rings. The Morgan fingerprint density at radius 1 is 1.36 bits per heavy atom. The third kappa shape index (κ3) is 3.46. The lowest BCUT2D eigenvalue weighted by atomic mass is 10.1. The van der Waals surface area contributed by atoms with Gasteiger partial charge in [-0.2, -0.15) is 0 Å². The second kappa shape index (κ2) is 4.64. The molecule has 0 aliphatic carbocycles. The molecule has 14 heavy (non-hydrogen) atoms. The highest BCUT2D eigenvalue weighted by molar-refractivity contribution is 6.33. The maximum atomic E-state index is 10.5. The van der Waals surface area contributed by atoms with Crippen LogP contribution >= 0.6 is 0 Å². The van der Waals surface area contributed by atoms with Crippen LogP contribution in [0.3, 0.4) is 0 Å². The largest absolute Gasteiger partial charge is 0.707 e. The molecule has 1 aromatic rings. The smallest absolute Gasteiger partial charge is 0.512 e. The van der Waals surface area contributed by atoms with Crippen molar-refractivity contribution in [2.45, 2.75) is 6.42 Å². The van der Waals surface area contributed by atoms with Crippen LogP contribution < -0.4 is 10.4 Å². The third-order valence-corrected chi connectivity index (χ3v) is 1.54. The minimum absolute atomic E-state index is 0.155. The van der Waals surface area contributed by atoms with Gasteiger partial charge < -0.3 is 20.4 Å². The molecule has 0 atom stereocenters. The molecule has 0 aromatic heterocycles. The topological polar surface area (TPSA) is 92.8 Å². The van der Waals surface area contributed by atoms with Gasteiger partial charge in [0.1, 0.15) is 5.75 Å². The van der Waals surface area contributed by atoms with Crippen molar-refractivity contribution in [3.05, 3.63) is 29.8 Å². The van der Waals surface area contributed by atoms with Gasteiger partial charge in [0.25, 0.3) is 0 Å². The van der Waals surface area contributed by atoms with Gasteiger partial charge in [0.15, 0.2) is 0 Å². The van der Waals surface area contributed by atoms with E-state index < -0.39 is 13.2 Å². The lowest BCUT2D eigenvalue weighted by Crippen LogP contribution is -2.20. The second-order valence-electron chi connectivity index (χ2n) is 2.73. The molecular weight excluding hydrogens is 185 g/mol. The van der Waals surface area contributed by atoms with E-state index >= 15 is 0 Å². The fourth-order valence-corrected chi connectivity index (χ4v) is 1.01. The van der Waals surface area contributed by atoms with Crippen LogP contribution in [0.2, 0.25) is 0 Å². The fourth-order valence-electron chi connectivity index (χ4n) is 1.01. The van der Waals surface area contributed by atoms with Gasteiger partial charge >= 0.3 is 7.32 Å². The van der Waals surface area contributed by atoms with Gasteiger partial charge in [-0.25, -0.2) is 0 Å². The van der Waals surface area contributed by atoms with Crippen molar-refractivity contribution in [2.24, 2.45) is 5.73 Å². The predicted octanol–water partition coefficient (Wildman–Crippen LogP) is -0.937. The molecule has 0 unspecified atom stereocenters. The molecule has 1 amide bonds. The molecule has 1 aromatic carbocycles. The first kappa shape index (κ1) is 10.6. The Hall–Kier alpha value is -1.53.